The Morgan fingerprint density at radius 1 is 1.17 bits per heavy atom. The first-order chi connectivity index (χ1) is 7.82. The standard InChI is InChI=1S/C12H11F3O2.Cu/c1-8(16)10(11(17)12(13,14)15)7-9-5-3-2-4-6-9;/h2-6,10H,7H2,1H3;/q;+2. The first-order valence-corrected chi connectivity index (χ1v) is 4.98. The van der Waals surface area contributed by atoms with Crippen LogP contribution in [0.3, 0.4) is 0 Å². The van der Waals surface area contributed by atoms with E-state index in [1.54, 1.807) is 30.3 Å². The molecule has 0 spiro atoms. The van der Waals surface area contributed by atoms with Gasteiger partial charge in [0, 0.05) is 0 Å². The molecule has 1 aromatic rings. The number of rotatable bonds is 4. The second-order valence-corrected chi connectivity index (χ2v) is 3.71. The molecule has 0 saturated carbocycles. The van der Waals surface area contributed by atoms with Crippen LogP contribution in [0.2, 0.25) is 0 Å². The van der Waals surface area contributed by atoms with Crippen molar-refractivity contribution in [1.82, 2.24) is 0 Å². The second kappa shape index (κ2) is 6.71. The van der Waals surface area contributed by atoms with Gasteiger partial charge >= 0.3 is 23.2 Å². The molecule has 18 heavy (non-hydrogen) atoms. The predicted octanol–water partition coefficient (Wildman–Crippen LogP) is 2.56. The van der Waals surface area contributed by atoms with Crippen LogP contribution in [0.1, 0.15) is 12.5 Å². The molecule has 0 N–H and O–H groups in total. The van der Waals surface area contributed by atoms with Crippen LogP contribution in [-0.4, -0.2) is 17.7 Å². The molecule has 0 bridgehead atoms. The fraction of sp³-hybridized carbons (Fsp3) is 0.333. The van der Waals surface area contributed by atoms with Gasteiger partial charge in [-0.25, -0.2) is 0 Å². The molecular formula is C12H11CuF3O2+2. The maximum Gasteiger partial charge on any atom is 2.00 e. The summed E-state index contributed by atoms with van der Waals surface area (Å²) >= 11 is 0. The van der Waals surface area contributed by atoms with Crippen LogP contribution in [-0.2, 0) is 33.1 Å². The van der Waals surface area contributed by atoms with Gasteiger partial charge in [0.2, 0.25) is 5.78 Å². The Balaban J connectivity index is 0.00000289. The van der Waals surface area contributed by atoms with Crippen molar-refractivity contribution in [2.24, 2.45) is 5.92 Å². The molecule has 0 aliphatic heterocycles. The summed E-state index contributed by atoms with van der Waals surface area (Å²) in [6.45, 7) is 0.997. The van der Waals surface area contributed by atoms with Gasteiger partial charge in [-0.05, 0) is 18.9 Å². The largest absolute Gasteiger partial charge is 2.00 e. The van der Waals surface area contributed by atoms with Gasteiger partial charge in [0.15, 0.2) is 0 Å². The van der Waals surface area contributed by atoms with Gasteiger partial charge in [-0.15, -0.1) is 0 Å². The molecule has 0 fully saturated rings. The van der Waals surface area contributed by atoms with Gasteiger partial charge in [-0.2, -0.15) is 13.2 Å². The topological polar surface area (TPSA) is 34.1 Å². The average Bonchev–Trinajstić information content (AvgIpc) is 2.24. The minimum absolute atomic E-state index is 0. The maximum absolute atomic E-state index is 12.3. The number of hydrogen-bond acceptors (Lipinski definition) is 2. The van der Waals surface area contributed by atoms with Crippen LogP contribution < -0.4 is 0 Å². The summed E-state index contributed by atoms with van der Waals surface area (Å²) < 4.78 is 36.8. The fourth-order valence-corrected chi connectivity index (χ4v) is 1.47. The van der Waals surface area contributed by atoms with Crippen molar-refractivity contribution in [3.63, 3.8) is 0 Å². The van der Waals surface area contributed by atoms with E-state index in [1.807, 2.05) is 0 Å². The van der Waals surface area contributed by atoms with Crippen molar-refractivity contribution in [3.8, 4) is 0 Å². The Hall–Kier alpha value is -1.13. The van der Waals surface area contributed by atoms with Crippen LogP contribution in [0.4, 0.5) is 13.2 Å². The normalized spacial score (nSPS) is 12.4. The van der Waals surface area contributed by atoms with Crippen molar-refractivity contribution >= 4 is 11.6 Å². The van der Waals surface area contributed by atoms with Crippen molar-refractivity contribution < 1.29 is 39.8 Å². The average molecular weight is 308 g/mol. The number of hydrogen-bond donors (Lipinski definition) is 0. The van der Waals surface area contributed by atoms with Crippen LogP contribution in [0, 0.1) is 5.92 Å². The van der Waals surface area contributed by atoms with E-state index in [-0.39, 0.29) is 23.5 Å². The maximum atomic E-state index is 12.3. The summed E-state index contributed by atoms with van der Waals surface area (Å²) in [5, 5.41) is 0. The van der Waals surface area contributed by atoms with Crippen LogP contribution in [0.15, 0.2) is 30.3 Å². The van der Waals surface area contributed by atoms with E-state index in [2.05, 4.69) is 0 Å². The van der Waals surface area contributed by atoms with Crippen LogP contribution in [0.5, 0.6) is 0 Å². The number of carbonyl (C=O) groups excluding carboxylic acids is 2. The second-order valence-electron chi connectivity index (χ2n) is 3.71. The number of benzene rings is 1. The molecule has 0 aliphatic carbocycles. The zero-order valence-electron chi connectivity index (χ0n) is 9.42. The van der Waals surface area contributed by atoms with E-state index in [4.69, 9.17) is 0 Å². The number of alkyl halides is 3. The van der Waals surface area contributed by atoms with E-state index >= 15 is 0 Å². The molecule has 2 nitrogen and oxygen atoms in total. The van der Waals surface area contributed by atoms with Gasteiger partial charge in [0.05, 0.1) is 5.92 Å². The quantitative estimate of drug-likeness (QED) is 0.633. The summed E-state index contributed by atoms with van der Waals surface area (Å²) in [5.74, 6) is -4.39. The molecule has 1 rings (SSSR count). The molecule has 101 valence electrons. The van der Waals surface area contributed by atoms with Crippen LogP contribution in [0.25, 0.3) is 0 Å². The Kier molecular flexibility index (Phi) is 6.29. The third-order valence-corrected chi connectivity index (χ3v) is 2.37. The summed E-state index contributed by atoms with van der Waals surface area (Å²) in [6, 6.07) is 8.16. The minimum Gasteiger partial charge on any atom is -0.299 e. The first kappa shape index (κ1) is 16.9. The molecule has 0 heterocycles. The molecule has 0 aliphatic rings. The summed E-state index contributed by atoms with van der Waals surface area (Å²) in [7, 11) is 0. The van der Waals surface area contributed by atoms with Gasteiger partial charge in [0.25, 0.3) is 0 Å². The summed E-state index contributed by atoms with van der Waals surface area (Å²) in [5.41, 5.74) is 0.533. The predicted molar refractivity (Wildman–Crippen MR) is 55.4 cm³/mol. The molecule has 0 amide bonds. The Bertz CT molecular complexity index is 415. The third-order valence-electron chi connectivity index (χ3n) is 2.37. The molecule has 1 aromatic carbocycles. The third kappa shape index (κ3) is 4.62. The van der Waals surface area contributed by atoms with E-state index in [9.17, 15) is 22.8 Å². The molecule has 1 atom stereocenters. The van der Waals surface area contributed by atoms with E-state index in [1.165, 1.54) is 0 Å². The number of carbonyl (C=O) groups is 2. The Morgan fingerprint density at radius 3 is 2.06 bits per heavy atom. The van der Waals surface area contributed by atoms with Gasteiger partial charge in [-0.1, -0.05) is 30.3 Å². The molecular weight excluding hydrogens is 297 g/mol. The van der Waals surface area contributed by atoms with Crippen molar-refractivity contribution in [1.29, 1.82) is 0 Å². The molecule has 1 unspecified atom stereocenters. The smallest absolute Gasteiger partial charge is 0.299 e. The number of Topliss-reactive ketones (excluding diaryl/α,β-unsaturated/α-hetero) is 2. The van der Waals surface area contributed by atoms with Crippen molar-refractivity contribution in [2.75, 3.05) is 0 Å². The monoisotopic (exact) mass is 307 g/mol. The fourth-order valence-electron chi connectivity index (χ4n) is 1.47. The Morgan fingerprint density at radius 2 is 1.67 bits per heavy atom. The van der Waals surface area contributed by atoms with Gasteiger partial charge in [-0.3, -0.25) is 9.59 Å². The zero-order chi connectivity index (χ0) is 13.1. The molecule has 0 saturated heterocycles. The van der Waals surface area contributed by atoms with E-state index in [0.717, 1.165) is 6.92 Å². The van der Waals surface area contributed by atoms with Crippen molar-refractivity contribution in [2.45, 2.75) is 19.5 Å². The molecule has 6 heteroatoms. The van der Waals surface area contributed by atoms with E-state index < -0.39 is 23.7 Å². The number of halogens is 3. The first-order valence-electron chi connectivity index (χ1n) is 4.98. The van der Waals surface area contributed by atoms with Gasteiger partial charge in [0.1, 0.15) is 5.78 Å². The Labute approximate surface area is 113 Å². The molecule has 0 aromatic heterocycles. The van der Waals surface area contributed by atoms with Crippen molar-refractivity contribution in [3.05, 3.63) is 35.9 Å². The minimum atomic E-state index is -4.97. The van der Waals surface area contributed by atoms with Gasteiger partial charge < -0.3 is 0 Å². The molecule has 1 radical (unpaired) electrons. The summed E-state index contributed by atoms with van der Waals surface area (Å²) in [6.07, 6.45) is -5.18. The zero-order valence-corrected chi connectivity index (χ0v) is 10.4. The summed E-state index contributed by atoms with van der Waals surface area (Å²) in [4.78, 5) is 22.2. The number of ketones is 2. The van der Waals surface area contributed by atoms with Crippen LogP contribution >= 0.6 is 0 Å². The van der Waals surface area contributed by atoms with E-state index in [0.29, 0.717) is 5.56 Å². The SMILES string of the molecule is CC(=O)C(Cc1ccccc1)C(=O)C(F)(F)F.[Cu+2].